The number of unbranched alkanes of at least 4 members (excludes halogenated alkanes) is 7. The number of rotatable bonds is 13. The standard InChI is InChI=1S/C20H36O/c1-4-7-9-11-12-14-17-20(16-13-10-8-5-2)18-15-19-21-6-3/h18H,4-13,15-16,19H2,1-3H3/b20-18-. The fourth-order valence-electron chi connectivity index (χ4n) is 2.23. The second-order valence-electron chi connectivity index (χ2n) is 5.64. The van der Waals surface area contributed by atoms with Gasteiger partial charge in [-0.2, -0.15) is 0 Å². The lowest BCUT2D eigenvalue weighted by Gasteiger charge is -2.02. The van der Waals surface area contributed by atoms with Crippen LogP contribution in [0.3, 0.4) is 0 Å². The SMILES string of the molecule is CCCCCCC#C/C(=C\CCOCC)CCCCCC. The van der Waals surface area contributed by atoms with Crippen LogP contribution in [-0.4, -0.2) is 13.2 Å². The van der Waals surface area contributed by atoms with Crippen LogP contribution in [0.25, 0.3) is 0 Å². The Morgan fingerprint density at radius 3 is 2.29 bits per heavy atom. The topological polar surface area (TPSA) is 9.23 Å². The molecule has 0 spiro atoms. The first-order valence-corrected chi connectivity index (χ1v) is 9.10. The summed E-state index contributed by atoms with van der Waals surface area (Å²) in [5.74, 6) is 6.77. The highest BCUT2D eigenvalue weighted by Gasteiger charge is 1.95. The van der Waals surface area contributed by atoms with Gasteiger partial charge in [-0.25, -0.2) is 0 Å². The summed E-state index contributed by atoms with van der Waals surface area (Å²) in [5.41, 5.74) is 1.33. The van der Waals surface area contributed by atoms with Crippen molar-refractivity contribution in [1.82, 2.24) is 0 Å². The molecule has 0 aliphatic heterocycles. The zero-order valence-electron chi connectivity index (χ0n) is 14.7. The minimum atomic E-state index is 0.808. The van der Waals surface area contributed by atoms with E-state index in [0.29, 0.717) is 0 Å². The molecule has 1 nitrogen and oxygen atoms in total. The van der Waals surface area contributed by atoms with Gasteiger partial charge in [-0.3, -0.25) is 0 Å². The van der Waals surface area contributed by atoms with Gasteiger partial charge in [-0.05, 0) is 38.2 Å². The van der Waals surface area contributed by atoms with Crippen LogP contribution in [0.4, 0.5) is 0 Å². The molecule has 0 N–H and O–H groups in total. The van der Waals surface area contributed by atoms with Crippen LogP contribution in [0.5, 0.6) is 0 Å². The van der Waals surface area contributed by atoms with Gasteiger partial charge in [0.25, 0.3) is 0 Å². The minimum Gasteiger partial charge on any atom is -0.381 e. The van der Waals surface area contributed by atoms with Gasteiger partial charge in [0.15, 0.2) is 0 Å². The van der Waals surface area contributed by atoms with E-state index in [1.807, 2.05) is 6.92 Å². The Labute approximate surface area is 133 Å². The molecular formula is C20H36O. The molecule has 21 heavy (non-hydrogen) atoms. The second kappa shape index (κ2) is 17.3. The molecule has 1 heteroatoms. The highest BCUT2D eigenvalue weighted by Crippen LogP contribution is 2.11. The van der Waals surface area contributed by atoms with E-state index in [9.17, 15) is 0 Å². The van der Waals surface area contributed by atoms with Gasteiger partial charge in [-0.15, -0.1) is 0 Å². The molecule has 0 aromatic carbocycles. The smallest absolute Gasteiger partial charge is 0.0500 e. The molecule has 0 unspecified atom stereocenters. The summed E-state index contributed by atoms with van der Waals surface area (Å²) in [6, 6.07) is 0. The lowest BCUT2D eigenvalue weighted by molar-refractivity contribution is 0.152. The third-order valence-corrected chi connectivity index (χ3v) is 3.56. The normalized spacial score (nSPS) is 11.3. The third-order valence-electron chi connectivity index (χ3n) is 3.56. The highest BCUT2D eigenvalue weighted by molar-refractivity contribution is 5.28. The fourth-order valence-corrected chi connectivity index (χ4v) is 2.23. The molecule has 0 saturated carbocycles. The lowest BCUT2D eigenvalue weighted by atomic mass is 10.1. The summed E-state index contributed by atoms with van der Waals surface area (Å²) in [6.07, 6.45) is 16.0. The van der Waals surface area contributed by atoms with E-state index < -0.39 is 0 Å². The van der Waals surface area contributed by atoms with Crippen molar-refractivity contribution < 1.29 is 4.74 Å². The molecule has 0 aromatic rings. The maximum atomic E-state index is 5.40. The van der Waals surface area contributed by atoms with Crippen molar-refractivity contribution in [2.75, 3.05) is 13.2 Å². The van der Waals surface area contributed by atoms with Crippen molar-refractivity contribution in [3.05, 3.63) is 11.6 Å². The molecule has 0 atom stereocenters. The quantitative estimate of drug-likeness (QED) is 0.286. The van der Waals surface area contributed by atoms with Crippen molar-refractivity contribution in [2.24, 2.45) is 0 Å². The first-order valence-electron chi connectivity index (χ1n) is 9.10. The van der Waals surface area contributed by atoms with E-state index in [1.165, 1.54) is 56.9 Å². The maximum Gasteiger partial charge on any atom is 0.0500 e. The Morgan fingerprint density at radius 2 is 1.62 bits per heavy atom. The predicted molar refractivity (Wildman–Crippen MR) is 94.5 cm³/mol. The Hall–Kier alpha value is -0.740. The van der Waals surface area contributed by atoms with E-state index in [1.54, 1.807) is 0 Å². The van der Waals surface area contributed by atoms with Crippen LogP contribution in [-0.2, 0) is 4.74 Å². The summed E-state index contributed by atoms with van der Waals surface area (Å²) in [7, 11) is 0. The predicted octanol–water partition coefficient (Wildman–Crippen LogP) is 6.28. The van der Waals surface area contributed by atoms with Crippen LogP contribution < -0.4 is 0 Å². The molecule has 0 heterocycles. The highest BCUT2D eigenvalue weighted by atomic mass is 16.5. The molecule has 0 aliphatic rings. The van der Waals surface area contributed by atoms with Crippen LogP contribution >= 0.6 is 0 Å². The van der Waals surface area contributed by atoms with Crippen molar-refractivity contribution in [3.8, 4) is 11.8 Å². The summed E-state index contributed by atoms with van der Waals surface area (Å²) < 4.78 is 5.40. The molecule has 122 valence electrons. The van der Waals surface area contributed by atoms with E-state index in [0.717, 1.165) is 32.5 Å². The molecule has 0 amide bonds. The van der Waals surface area contributed by atoms with Gasteiger partial charge in [0.05, 0.1) is 6.61 Å². The molecule has 0 fully saturated rings. The summed E-state index contributed by atoms with van der Waals surface area (Å²) >= 11 is 0. The van der Waals surface area contributed by atoms with Crippen molar-refractivity contribution in [2.45, 2.75) is 91.4 Å². The Balaban J connectivity index is 4.07. The average molecular weight is 293 g/mol. The van der Waals surface area contributed by atoms with Crippen LogP contribution in [0, 0.1) is 11.8 Å². The molecule has 0 aliphatic carbocycles. The monoisotopic (exact) mass is 292 g/mol. The van der Waals surface area contributed by atoms with Gasteiger partial charge in [0, 0.05) is 13.0 Å². The number of ether oxygens (including phenoxy) is 1. The molecule has 0 bridgehead atoms. The minimum absolute atomic E-state index is 0.808. The summed E-state index contributed by atoms with van der Waals surface area (Å²) in [4.78, 5) is 0. The summed E-state index contributed by atoms with van der Waals surface area (Å²) in [6.45, 7) is 8.19. The van der Waals surface area contributed by atoms with Gasteiger partial charge in [0.2, 0.25) is 0 Å². The Bertz CT molecular complexity index is 293. The first-order chi connectivity index (χ1) is 10.3. The largest absolute Gasteiger partial charge is 0.381 e. The van der Waals surface area contributed by atoms with Gasteiger partial charge in [-0.1, -0.05) is 70.3 Å². The lowest BCUT2D eigenvalue weighted by Crippen LogP contribution is -1.92. The van der Waals surface area contributed by atoms with Gasteiger partial charge >= 0.3 is 0 Å². The second-order valence-corrected chi connectivity index (χ2v) is 5.64. The molecular weight excluding hydrogens is 256 g/mol. The Morgan fingerprint density at radius 1 is 0.905 bits per heavy atom. The van der Waals surface area contributed by atoms with Crippen LogP contribution in [0.15, 0.2) is 11.6 Å². The number of hydrogen-bond acceptors (Lipinski definition) is 1. The van der Waals surface area contributed by atoms with Crippen molar-refractivity contribution >= 4 is 0 Å². The van der Waals surface area contributed by atoms with Crippen LogP contribution in [0.2, 0.25) is 0 Å². The van der Waals surface area contributed by atoms with E-state index in [-0.39, 0.29) is 0 Å². The number of allylic oxidation sites excluding steroid dienone is 1. The van der Waals surface area contributed by atoms with Crippen molar-refractivity contribution in [3.63, 3.8) is 0 Å². The molecule has 0 rings (SSSR count). The van der Waals surface area contributed by atoms with Gasteiger partial charge < -0.3 is 4.74 Å². The first kappa shape index (κ1) is 20.3. The third kappa shape index (κ3) is 15.5. The Kier molecular flexibility index (Phi) is 16.7. The maximum absolute atomic E-state index is 5.40. The zero-order chi connectivity index (χ0) is 15.6. The molecule has 0 aromatic heterocycles. The molecule has 0 saturated heterocycles. The average Bonchev–Trinajstić information content (AvgIpc) is 2.50. The zero-order valence-corrected chi connectivity index (χ0v) is 14.7. The fraction of sp³-hybridized carbons (Fsp3) is 0.800. The van der Waals surface area contributed by atoms with E-state index >= 15 is 0 Å². The van der Waals surface area contributed by atoms with Crippen LogP contribution in [0.1, 0.15) is 91.4 Å². The van der Waals surface area contributed by atoms with E-state index in [2.05, 4.69) is 31.8 Å². The summed E-state index contributed by atoms with van der Waals surface area (Å²) in [5, 5.41) is 0. The number of hydrogen-bond donors (Lipinski definition) is 0. The van der Waals surface area contributed by atoms with Crippen molar-refractivity contribution in [1.29, 1.82) is 0 Å². The van der Waals surface area contributed by atoms with Gasteiger partial charge in [0.1, 0.15) is 0 Å². The van der Waals surface area contributed by atoms with E-state index in [4.69, 9.17) is 4.74 Å². The molecule has 0 radical (unpaired) electrons.